The highest BCUT2D eigenvalue weighted by atomic mass is 16.5. The Bertz CT molecular complexity index is 702. The molecule has 0 aliphatic carbocycles. The molecule has 0 aromatic heterocycles. The molecule has 0 saturated heterocycles. The first-order valence-corrected chi connectivity index (χ1v) is 7.98. The van der Waals surface area contributed by atoms with Gasteiger partial charge in [-0.05, 0) is 24.3 Å². The van der Waals surface area contributed by atoms with Gasteiger partial charge in [0, 0.05) is 11.6 Å². The lowest BCUT2D eigenvalue weighted by atomic mass is 10.1. The van der Waals surface area contributed by atoms with E-state index in [-0.39, 0.29) is 0 Å². The van der Waals surface area contributed by atoms with Gasteiger partial charge in [-0.25, -0.2) is 0 Å². The van der Waals surface area contributed by atoms with Gasteiger partial charge >= 0.3 is 0 Å². The van der Waals surface area contributed by atoms with E-state index in [0.717, 1.165) is 41.5 Å². The van der Waals surface area contributed by atoms with Crippen LogP contribution in [0.25, 0.3) is 0 Å². The molecule has 2 aromatic carbocycles. The van der Waals surface area contributed by atoms with Crippen LogP contribution in [0.15, 0.2) is 30.3 Å². The molecular weight excluding hydrogens is 322 g/mol. The second-order valence-corrected chi connectivity index (χ2v) is 5.41. The molecule has 0 aliphatic heterocycles. The van der Waals surface area contributed by atoms with Gasteiger partial charge in [-0.3, -0.25) is 0 Å². The van der Waals surface area contributed by atoms with Crippen LogP contribution in [-0.2, 0) is 13.1 Å². The first-order valence-electron chi connectivity index (χ1n) is 7.98. The zero-order chi connectivity index (χ0) is 18.2. The predicted octanol–water partition coefficient (Wildman–Crippen LogP) is 1.99. The van der Waals surface area contributed by atoms with Crippen molar-refractivity contribution in [3.05, 3.63) is 41.5 Å². The lowest BCUT2D eigenvalue weighted by Crippen LogP contribution is -2.80. The molecule has 0 fully saturated rings. The number of hydrogen-bond donors (Lipinski definition) is 1. The fourth-order valence-corrected chi connectivity index (χ4v) is 2.65. The average Bonchev–Trinajstić information content (AvgIpc) is 2.67. The van der Waals surface area contributed by atoms with E-state index in [4.69, 9.17) is 23.7 Å². The van der Waals surface area contributed by atoms with Crippen LogP contribution in [0.2, 0.25) is 0 Å². The fourth-order valence-electron chi connectivity index (χ4n) is 2.65. The maximum Gasteiger partial charge on any atom is 0.164 e. The minimum atomic E-state index is 0.656. The van der Waals surface area contributed by atoms with Crippen molar-refractivity contribution in [2.45, 2.75) is 13.1 Å². The summed E-state index contributed by atoms with van der Waals surface area (Å²) in [4.78, 5) is 0. The lowest BCUT2D eigenvalue weighted by molar-refractivity contribution is -0.686. The van der Waals surface area contributed by atoms with Crippen molar-refractivity contribution < 1.29 is 29.0 Å². The molecule has 25 heavy (non-hydrogen) atoms. The Labute approximate surface area is 148 Å². The van der Waals surface area contributed by atoms with Crippen LogP contribution < -0.4 is 29.0 Å². The molecule has 0 spiro atoms. The van der Waals surface area contributed by atoms with Gasteiger partial charge in [-0.15, -0.1) is 0 Å². The smallest absolute Gasteiger partial charge is 0.164 e. The molecule has 0 unspecified atom stereocenters. The third kappa shape index (κ3) is 4.48. The quantitative estimate of drug-likeness (QED) is 0.751. The van der Waals surface area contributed by atoms with Gasteiger partial charge in [0.25, 0.3) is 0 Å². The van der Waals surface area contributed by atoms with Crippen molar-refractivity contribution >= 4 is 0 Å². The molecule has 2 rings (SSSR count). The van der Waals surface area contributed by atoms with Gasteiger partial charge in [-0.1, -0.05) is 0 Å². The molecule has 0 amide bonds. The summed E-state index contributed by atoms with van der Waals surface area (Å²) < 4.78 is 26.8. The van der Waals surface area contributed by atoms with E-state index >= 15 is 0 Å². The van der Waals surface area contributed by atoms with E-state index < -0.39 is 0 Å². The van der Waals surface area contributed by atoms with E-state index in [1.54, 1.807) is 35.5 Å². The Balaban J connectivity index is 2.08. The summed E-state index contributed by atoms with van der Waals surface area (Å²) in [6.07, 6.45) is 0. The summed E-state index contributed by atoms with van der Waals surface area (Å²) in [5.41, 5.74) is 2.19. The third-order valence-electron chi connectivity index (χ3n) is 3.98. The molecule has 0 bridgehead atoms. The second-order valence-electron chi connectivity index (χ2n) is 5.41. The topological polar surface area (TPSA) is 62.8 Å². The average molecular weight is 348 g/mol. The number of rotatable bonds is 9. The zero-order valence-corrected chi connectivity index (χ0v) is 15.4. The second kappa shape index (κ2) is 9.03. The van der Waals surface area contributed by atoms with Crippen LogP contribution in [0.4, 0.5) is 0 Å². The van der Waals surface area contributed by atoms with Crippen molar-refractivity contribution in [1.29, 1.82) is 0 Å². The van der Waals surface area contributed by atoms with Crippen LogP contribution in [0.5, 0.6) is 28.7 Å². The standard InChI is InChI=1S/C19H25NO5/c1-21-15-7-6-13(8-17(15)23-3)11-20-12-14-9-18(24-4)19(25-5)10-16(14)22-2/h6-10,20H,11-12H2,1-5H3/p+1. The Hall–Kier alpha value is -2.60. The Morgan fingerprint density at radius 3 is 1.76 bits per heavy atom. The molecular formula is C19H26NO5+. The fraction of sp³-hybridized carbons (Fsp3) is 0.368. The van der Waals surface area contributed by atoms with Crippen molar-refractivity contribution in [3.8, 4) is 28.7 Å². The van der Waals surface area contributed by atoms with Gasteiger partial charge in [0.15, 0.2) is 23.0 Å². The Morgan fingerprint density at radius 1 is 0.600 bits per heavy atom. The largest absolute Gasteiger partial charge is 0.496 e. The van der Waals surface area contributed by atoms with Gasteiger partial charge in [-0.2, -0.15) is 0 Å². The van der Waals surface area contributed by atoms with Gasteiger partial charge in [0.05, 0.1) is 41.1 Å². The highest BCUT2D eigenvalue weighted by molar-refractivity contribution is 5.50. The third-order valence-corrected chi connectivity index (χ3v) is 3.98. The van der Waals surface area contributed by atoms with Crippen molar-refractivity contribution in [2.24, 2.45) is 0 Å². The Kier molecular flexibility index (Phi) is 6.77. The monoisotopic (exact) mass is 348 g/mol. The molecule has 2 N–H and O–H groups in total. The van der Waals surface area contributed by atoms with Crippen LogP contribution in [-0.4, -0.2) is 35.5 Å². The summed E-state index contributed by atoms with van der Waals surface area (Å²) in [6, 6.07) is 9.73. The van der Waals surface area contributed by atoms with Gasteiger partial charge < -0.3 is 29.0 Å². The molecule has 6 heteroatoms. The number of nitrogens with two attached hydrogens (primary N) is 1. The van der Waals surface area contributed by atoms with E-state index in [1.165, 1.54) is 0 Å². The highest BCUT2D eigenvalue weighted by Crippen LogP contribution is 2.34. The minimum Gasteiger partial charge on any atom is -0.496 e. The highest BCUT2D eigenvalue weighted by Gasteiger charge is 2.13. The molecule has 0 aliphatic rings. The summed E-state index contributed by atoms with van der Waals surface area (Å²) in [5.74, 6) is 3.59. The van der Waals surface area contributed by atoms with E-state index in [2.05, 4.69) is 5.32 Å². The minimum absolute atomic E-state index is 0.656. The van der Waals surface area contributed by atoms with Crippen molar-refractivity contribution in [3.63, 3.8) is 0 Å². The van der Waals surface area contributed by atoms with Crippen LogP contribution in [0.1, 0.15) is 11.1 Å². The Morgan fingerprint density at radius 2 is 1.16 bits per heavy atom. The molecule has 136 valence electrons. The SMILES string of the molecule is COc1cc(OC)c(OC)cc1C[NH2+]Cc1ccc(OC)c(OC)c1. The first-order chi connectivity index (χ1) is 12.2. The normalized spacial score (nSPS) is 10.3. The van der Waals surface area contributed by atoms with Crippen molar-refractivity contribution in [1.82, 2.24) is 0 Å². The number of hydrogen-bond acceptors (Lipinski definition) is 5. The predicted molar refractivity (Wildman–Crippen MR) is 95.0 cm³/mol. The molecule has 0 heterocycles. The van der Waals surface area contributed by atoms with E-state index in [0.29, 0.717) is 11.5 Å². The number of ether oxygens (including phenoxy) is 5. The number of benzene rings is 2. The lowest BCUT2D eigenvalue weighted by Gasteiger charge is -2.13. The van der Waals surface area contributed by atoms with Gasteiger partial charge in [0.1, 0.15) is 18.8 Å². The first kappa shape index (κ1) is 18.7. The van der Waals surface area contributed by atoms with Gasteiger partial charge in [0.2, 0.25) is 0 Å². The maximum absolute atomic E-state index is 5.46. The van der Waals surface area contributed by atoms with Crippen molar-refractivity contribution in [2.75, 3.05) is 35.5 Å². The number of quaternary nitrogens is 1. The summed E-state index contributed by atoms with van der Waals surface area (Å²) in [6.45, 7) is 1.55. The molecule has 6 nitrogen and oxygen atoms in total. The van der Waals surface area contributed by atoms with Crippen LogP contribution >= 0.6 is 0 Å². The van der Waals surface area contributed by atoms with Crippen LogP contribution in [0, 0.1) is 0 Å². The number of methoxy groups -OCH3 is 5. The molecule has 0 saturated carbocycles. The summed E-state index contributed by atoms with van der Waals surface area (Å²) in [7, 11) is 8.16. The van der Waals surface area contributed by atoms with Crippen LogP contribution in [0.3, 0.4) is 0 Å². The molecule has 0 radical (unpaired) electrons. The van der Waals surface area contributed by atoms with E-state index in [1.807, 2.05) is 30.3 Å². The van der Waals surface area contributed by atoms with E-state index in [9.17, 15) is 0 Å². The molecule has 2 aromatic rings. The zero-order valence-electron chi connectivity index (χ0n) is 15.4. The summed E-state index contributed by atoms with van der Waals surface area (Å²) >= 11 is 0. The molecule has 0 atom stereocenters. The maximum atomic E-state index is 5.46. The summed E-state index contributed by atoms with van der Waals surface area (Å²) in [5, 5.41) is 2.19.